The first-order valence-electron chi connectivity index (χ1n) is 13.3. The number of aliphatic hydroxyl groups excluding tert-OH is 4. The lowest BCUT2D eigenvalue weighted by molar-refractivity contribution is -0.299. The van der Waals surface area contributed by atoms with Crippen LogP contribution in [0.3, 0.4) is 0 Å². The molecule has 9 atom stereocenters. The van der Waals surface area contributed by atoms with Crippen molar-refractivity contribution in [1.29, 1.82) is 0 Å². The van der Waals surface area contributed by atoms with E-state index in [9.17, 15) is 34.8 Å². The highest BCUT2D eigenvalue weighted by molar-refractivity contribution is 6.09. The first kappa shape index (κ1) is 29.1. The number of carbonyl (C=O) groups is 3. The molecule has 5 rings (SSSR count). The van der Waals surface area contributed by atoms with Gasteiger partial charge in [-0.05, 0) is 30.2 Å². The topological polar surface area (TPSA) is 169 Å². The Hall–Kier alpha value is -3.45. The average molecular weight is 569 g/mol. The molecule has 11 nitrogen and oxygen atoms in total. The van der Waals surface area contributed by atoms with Crippen LogP contribution in [0.5, 0.6) is 0 Å². The zero-order valence-electron chi connectivity index (χ0n) is 22.3. The number of ether oxygens (including phenoxy) is 4. The summed E-state index contributed by atoms with van der Waals surface area (Å²) in [5.41, 5.74) is 2.41. The van der Waals surface area contributed by atoms with Crippen molar-refractivity contribution in [2.24, 2.45) is 11.8 Å². The fraction of sp³-hybridized carbons (Fsp3) is 0.433. The van der Waals surface area contributed by atoms with Gasteiger partial charge < -0.3 is 39.4 Å². The van der Waals surface area contributed by atoms with Crippen LogP contribution in [0.1, 0.15) is 18.9 Å². The molecule has 2 saturated heterocycles. The lowest BCUT2D eigenvalue weighted by Crippen LogP contribution is -2.59. The molecule has 218 valence electrons. The molecular formula is C30H32O11. The summed E-state index contributed by atoms with van der Waals surface area (Å²) in [5.74, 6) is -3.07. The Kier molecular flexibility index (Phi) is 8.37. The van der Waals surface area contributed by atoms with Gasteiger partial charge in [0.15, 0.2) is 12.1 Å². The molecule has 2 aliphatic carbocycles. The van der Waals surface area contributed by atoms with Crippen molar-refractivity contribution in [2.45, 2.75) is 56.3 Å². The van der Waals surface area contributed by atoms with E-state index in [2.05, 4.69) is 6.58 Å². The quantitative estimate of drug-likeness (QED) is 0.265. The summed E-state index contributed by atoms with van der Waals surface area (Å²) in [4.78, 5) is 38.6. The first-order valence-corrected chi connectivity index (χ1v) is 13.3. The smallest absolute Gasteiger partial charge is 0.334 e. The number of ketones is 1. The highest BCUT2D eigenvalue weighted by Gasteiger charge is 2.55. The lowest BCUT2D eigenvalue weighted by atomic mass is 9.82. The molecule has 1 aromatic carbocycles. The Morgan fingerprint density at radius 2 is 1.85 bits per heavy atom. The number of carbonyl (C=O) groups excluding carboxylic acids is 3. The Morgan fingerprint density at radius 1 is 1.12 bits per heavy atom. The summed E-state index contributed by atoms with van der Waals surface area (Å²) in [6.07, 6.45) is -4.66. The first-order chi connectivity index (χ1) is 19.6. The standard InChI is InChI=1S/C30H32O11/c1-14-10-19(39-21(33)9-8-16-6-4-3-5-7-16)23-15(2)29(37)41-28(23)24-17(11-18(32)22(14)24)13-38-30-27(36)26(35)25(34)20(12-31)40-30/h3-9,11,19-20,23-28,30-31,34-36H,2,10,12-13H2,1H3. The van der Waals surface area contributed by atoms with Crippen molar-refractivity contribution >= 4 is 23.8 Å². The molecule has 0 spiro atoms. The van der Waals surface area contributed by atoms with E-state index in [1.807, 2.05) is 30.3 Å². The van der Waals surface area contributed by atoms with E-state index in [1.54, 1.807) is 13.0 Å². The molecule has 0 aromatic heterocycles. The number of hydrogen-bond donors (Lipinski definition) is 4. The number of rotatable bonds is 7. The second kappa shape index (κ2) is 11.8. The van der Waals surface area contributed by atoms with Gasteiger partial charge >= 0.3 is 11.9 Å². The van der Waals surface area contributed by atoms with Crippen molar-refractivity contribution in [1.82, 2.24) is 0 Å². The third kappa shape index (κ3) is 5.56. The zero-order chi connectivity index (χ0) is 29.4. The molecule has 2 heterocycles. The monoisotopic (exact) mass is 568 g/mol. The van der Waals surface area contributed by atoms with Crippen molar-refractivity contribution in [3.05, 3.63) is 76.9 Å². The lowest BCUT2D eigenvalue weighted by Gasteiger charge is -2.39. The molecule has 11 heteroatoms. The number of benzene rings is 1. The van der Waals surface area contributed by atoms with Gasteiger partial charge in [0, 0.05) is 29.6 Å². The number of fused-ring (bicyclic) bond motifs is 3. The third-order valence-corrected chi connectivity index (χ3v) is 7.99. The van der Waals surface area contributed by atoms with Gasteiger partial charge in [0.1, 0.15) is 36.6 Å². The maximum Gasteiger partial charge on any atom is 0.334 e. The van der Waals surface area contributed by atoms with Gasteiger partial charge in [-0.25, -0.2) is 9.59 Å². The van der Waals surface area contributed by atoms with Crippen molar-refractivity contribution < 1.29 is 53.8 Å². The van der Waals surface area contributed by atoms with Gasteiger partial charge in [-0.2, -0.15) is 0 Å². The minimum absolute atomic E-state index is 0.127. The van der Waals surface area contributed by atoms with Gasteiger partial charge in [0.25, 0.3) is 0 Å². The van der Waals surface area contributed by atoms with E-state index in [0.717, 1.165) is 5.56 Å². The molecule has 0 radical (unpaired) electrons. The molecule has 0 saturated carbocycles. The van der Waals surface area contributed by atoms with Gasteiger partial charge in [-0.3, -0.25) is 4.79 Å². The van der Waals surface area contributed by atoms with E-state index in [-0.39, 0.29) is 24.4 Å². The summed E-state index contributed by atoms with van der Waals surface area (Å²) in [7, 11) is 0. The van der Waals surface area contributed by atoms with Gasteiger partial charge in [-0.15, -0.1) is 0 Å². The summed E-state index contributed by atoms with van der Waals surface area (Å²) in [6, 6.07) is 9.20. The molecule has 0 amide bonds. The fourth-order valence-corrected chi connectivity index (χ4v) is 5.93. The van der Waals surface area contributed by atoms with Crippen LogP contribution in [0.25, 0.3) is 6.08 Å². The van der Waals surface area contributed by atoms with E-state index < -0.39 is 73.3 Å². The van der Waals surface area contributed by atoms with Crippen LogP contribution >= 0.6 is 0 Å². The van der Waals surface area contributed by atoms with Gasteiger partial charge in [0.2, 0.25) is 0 Å². The van der Waals surface area contributed by atoms with Crippen LogP contribution < -0.4 is 0 Å². The maximum atomic E-state index is 13.2. The number of aliphatic hydroxyl groups is 4. The van der Waals surface area contributed by atoms with Crippen LogP contribution in [0.15, 0.2) is 71.4 Å². The fourth-order valence-electron chi connectivity index (χ4n) is 5.93. The highest BCUT2D eigenvalue weighted by atomic mass is 16.7. The molecule has 2 fully saturated rings. The highest BCUT2D eigenvalue weighted by Crippen LogP contribution is 2.48. The van der Waals surface area contributed by atoms with Gasteiger partial charge in [-0.1, -0.05) is 42.5 Å². The summed E-state index contributed by atoms with van der Waals surface area (Å²) < 4.78 is 22.6. The molecule has 2 aliphatic heterocycles. The predicted octanol–water partition coefficient (Wildman–Crippen LogP) is 0.371. The second-order valence-corrected chi connectivity index (χ2v) is 10.6. The van der Waals surface area contributed by atoms with E-state index >= 15 is 0 Å². The molecule has 1 aromatic rings. The van der Waals surface area contributed by atoms with Crippen molar-refractivity contribution in [3.8, 4) is 0 Å². The normalized spacial score (nSPS) is 35.2. The minimum atomic E-state index is -1.63. The number of esters is 2. The Balaban J connectivity index is 1.36. The molecule has 4 aliphatic rings. The summed E-state index contributed by atoms with van der Waals surface area (Å²) >= 11 is 0. The minimum Gasteiger partial charge on any atom is -0.458 e. The van der Waals surface area contributed by atoms with Crippen LogP contribution in [0.2, 0.25) is 0 Å². The molecule has 41 heavy (non-hydrogen) atoms. The molecular weight excluding hydrogens is 536 g/mol. The van der Waals surface area contributed by atoms with Crippen molar-refractivity contribution in [2.75, 3.05) is 13.2 Å². The molecule has 4 N–H and O–H groups in total. The predicted molar refractivity (Wildman–Crippen MR) is 141 cm³/mol. The Morgan fingerprint density at radius 3 is 2.56 bits per heavy atom. The van der Waals surface area contributed by atoms with Crippen LogP contribution in [-0.4, -0.2) is 94.3 Å². The summed E-state index contributed by atoms with van der Waals surface area (Å²) in [5, 5.41) is 39.9. The third-order valence-electron chi connectivity index (χ3n) is 7.99. The maximum absolute atomic E-state index is 13.2. The number of allylic oxidation sites excluding steroid dienone is 1. The van der Waals surface area contributed by atoms with Crippen LogP contribution in [0, 0.1) is 11.8 Å². The van der Waals surface area contributed by atoms with Crippen molar-refractivity contribution in [3.63, 3.8) is 0 Å². The molecule has 9 unspecified atom stereocenters. The molecule has 0 bridgehead atoms. The van der Waals surface area contributed by atoms with E-state index in [0.29, 0.717) is 16.7 Å². The van der Waals surface area contributed by atoms with E-state index in [4.69, 9.17) is 18.9 Å². The zero-order valence-corrected chi connectivity index (χ0v) is 22.3. The Bertz CT molecular complexity index is 1310. The van der Waals surface area contributed by atoms with Crippen LogP contribution in [-0.2, 0) is 33.3 Å². The SMILES string of the molecule is C=C1C(=O)OC2C3C(COC4OC(CO)C(O)C(O)C4O)=CC(=O)C3=C(C)CC(OC(=O)C=Cc3ccccc3)C12. The summed E-state index contributed by atoms with van der Waals surface area (Å²) in [6.45, 7) is 4.77. The largest absolute Gasteiger partial charge is 0.458 e. The van der Waals surface area contributed by atoms with Gasteiger partial charge in [0.05, 0.1) is 19.1 Å². The van der Waals surface area contributed by atoms with Crippen LogP contribution in [0.4, 0.5) is 0 Å². The van der Waals surface area contributed by atoms with E-state index in [1.165, 1.54) is 12.2 Å². The number of hydrogen-bond acceptors (Lipinski definition) is 11. The Labute approximate surface area is 236 Å². The second-order valence-electron chi connectivity index (χ2n) is 10.6. The average Bonchev–Trinajstić information content (AvgIpc) is 3.40.